The largest absolute Gasteiger partial charge is 0.311 e. The van der Waals surface area contributed by atoms with Crippen molar-refractivity contribution in [1.29, 1.82) is 0 Å². The van der Waals surface area contributed by atoms with Crippen LogP contribution in [0.4, 0.5) is 5.69 Å². The topological polar surface area (TPSA) is 51.0 Å². The third-order valence-corrected chi connectivity index (χ3v) is 5.09. The molecule has 0 N–H and O–H groups in total. The van der Waals surface area contributed by atoms with E-state index in [0.717, 1.165) is 28.3 Å². The first-order chi connectivity index (χ1) is 10.6. The van der Waals surface area contributed by atoms with Gasteiger partial charge in [-0.3, -0.25) is 4.79 Å². The van der Waals surface area contributed by atoms with Crippen LogP contribution in [0.3, 0.4) is 0 Å². The Kier molecular flexibility index (Phi) is 4.54. The van der Waals surface area contributed by atoms with Crippen molar-refractivity contribution in [2.45, 2.75) is 31.5 Å². The summed E-state index contributed by atoms with van der Waals surface area (Å²) in [6.07, 6.45) is 2.62. The van der Waals surface area contributed by atoms with Gasteiger partial charge in [0.25, 0.3) is 0 Å². The third kappa shape index (κ3) is 3.05. The summed E-state index contributed by atoms with van der Waals surface area (Å²) in [7, 11) is 0. The van der Waals surface area contributed by atoms with E-state index in [1.807, 2.05) is 21.6 Å². The predicted molar refractivity (Wildman–Crippen MR) is 91.3 cm³/mol. The summed E-state index contributed by atoms with van der Waals surface area (Å²) in [6.45, 7) is 4.90. The third-order valence-electron chi connectivity index (χ3n) is 3.66. The van der Waals surface area contributed by atoms with E-state index in [2.05, 4.69) is 46.0 Å². The summed E-state index contributed by atoms with van der Waals surface area (Å²) >= 11 is 4.92. The molecule has 2 heterocycles. The zero-order valence-corrected chi connectivity index (χ0v) is 14.9. The predicted octanol–water partition coefficient (Wildman–Crippen LogP) is 3.30. The molecular formula is C15H17BrN4OS. The summed E-state index contributed by atoms with van der Waals surface area (Å²) in [6, 6.07) is 6.36. The van der Waals surface area contributed by atoms with E-state index in [1.165, 1.54) is 17.3 Å². The van der Waals surface area contributed by atoms with E-state index in [9.17, 15) is 4.79 Å². The quantitative estimate of drug-likeness (QED) is 0.763. The van der Waals surface area contributed by atoms with Gasteiger partial charge in [-0.25, -0.2) is 0 Å². The second-order valence-electron chi connectivity index (χ2n) is 5.47. The van der Waals surface area contributed by atoms with E-state index >= 15 is 0 Å². The number of aromatic nitrogens is 3. The molecule has 5 nitrogen and oxygen atoms in total. The summed E-state index contributed by atoms with van der Waals surface area (Å²) in [5, 5.41) is 8.81. The Morgan fingerprint density at radius 2 is 2.27 bits per heavy atom. The van der Waals surface area contributed by atoms with E-state index in [-0.39, 0.29) is 11.9 Å². The fourth-order valence-electron chi connectivity index (χ4n) is 2.52. The van der Waals surface area contributed by atoms with Crippen LogP contribution in [0.15, 0.2) is 34.2 Å². The van der Waals surface area contributed by atoms with Gasteiger partial charge in [0.05, 0.1) is 5.75 Å². The molecule has 0 bridgehead atoms. The highest BCUT2D eigenvalue weighted by molar-refractivity contribution is 9.10. The molecule has 0 aliphatic carbocycles. The summed E-state index contributed by atoms with van der Waals surface area (Å²) in [5.74, 6) is 0.491. The molecule has 0 fully saturated rings. The lowest BCUT2D eigenvalue weighted by molar-refractivity contribution is -0.116. The van der Waals surface area contributed by atoms with Gasteiger partial charge in [0.15, 0.2) is 5.16 Å². The van der Waals surface area contributed by atoms with Gasteiger partial charge in [-0.15, -0.1) is 10.2 Å². The second-order valence-corrected chi connectivity index (χ2v) is 7.33. The number of carbonyl (C=O) groups excluding carboxylic acids is 1. The van der Waals surface area contributed by atoms with Gasteiger partial charge < -0.3 is 9.47 Å². The number of amides is 1. The normalized spacial score (nSPS) is 13.7. The van der Waals surface area contributed by atoms with Gasteiger partial charge >= 0.3 is 0 Å². The number of nitrogens with zero attached hydrogens (tertiary/aromatic N) is 4. The van der Waals surface area contributed by atoms with Crippen molar-refractivity contribution in [3.8, 4) is 0 Å². The first-order valence-corrected chi connectivity index (χ1v) is 8.95. The fourth-order valence-corrected chi connectivity index (χ4v) is 3.85. The molecule has 0 atom stereocenters. The summed E-state index contributed by atoms with van der Waals surface area (Å²) in [4.78, 5) is 14.4. The lowest BCUT2D eigenvalue weighted by Gasteiger charge is -2.17. The monoisotopic (exact) mass is 380 g/mol. The molecule has 1 amide bonds. The number of rotatable bonds is 4. The molecule has 1 aromatic heterocycles. The molecule has 2 aromatic rings. The Morgan fingerprint density at radius 1 is 1.45 bits per heavy atom. The van der Waals surface area contributed by atoms with Gasteiger partial charge in [-0.2, -0.15) is 0 Å². The fraction of sp³-hybridized carbons (Fsp3) is 0.400. The number of fused-ring (bicyclic) bond motifs is 1. The number of hydrogen-bond donors (Lipinski definition) is 0. The van der Waals surface area contributed by atoms with Crippen LogP contribution in [0.2, 0.25) is 0 Å². The Labute approximate surface area is 142 Å². The average molecular weight is 381 g/mol. The number of anilines is 1. The average Bonchev–Trinajstić information content (AvgIpc) is 3.10. The number of halogens is 1. The zero-order valence-electron chi connectivity index (χ0n) is 12.5. The Hall–Kier alpha value is -1.34. The van der Waals surface area contributed by atoms with Gasteiger partial charge in [0.1, 0.15) is 6.33 Å². The molecule has 1 aromatic carbocycles. The van der Waals surface area contributed by atoms with Crippen LogP contribution < -0.4 is 4.90 Å². The smallest absolute Gasteiger partial charge is 0.237 e. The van der Waals surface area contributed by atoms with E-state index < -0.39 is 0 Å². The molecular weight excluding hydrogens is 364 g/mol. The lowest BCUT2D eigenvalue weighted by atomic mass is 10.2. The molecule has 1 aliphatic rings. The van der Waals surface area contributed by atoms with Crippen LogP contribution in [0.25, 0.3) is 0 Å². The molecule has 1 aliphatic heterocycles. The number of thioether (sulfide) groups is 1. The molecule has 0 radical (unpaired) electrons. The molecule has 0 unspecified atom stereocenters. The Morgan fingerprint density at radius 3 is 3.05 bits per heavy atom. The van der Waals surface area contributed by atoms with Crippen LogP contribution in [0.5, 0.6) is 0 Å². The Balaban J connectivity index is 1.68. The molecule has 116 valence electrons. The Bertz CT molecular complexity index is 701. The van der Waals surface area contributed by atoms with Crippen LogP contribution in [-0.4, -0.2) is 33.0 Å². The van der Waals surface area contributed by atoms with Crippen molar-refractivity contribution < 1.29 is 4.79 Å². The van der Waals surface area contributed by atoms with Crippen molar-refractivity contribution in [2.24, 2.45) is 0 Å². The first-order valence-electron chi connectivity index (χ1n) is 7.17. The molecule has 3 rings (SSSR count). The van der Waals surface area contributed by atoms with Crippen molar-refractivity contribution in [2.75, 3.05) is 17.2 Å². The SMILES string of the molecule is CC(C)n1cnnc1SCC(=O)N1CCc2cc(Br)ccc21. The van der Waals surface area contributed by atoms with Gasteiger partial charge in [0.2, 0.25) is 5.91 Å². The molecule has 0 saturated heterocycles. The van der Waals surface area contributed by atoms with Crippen molar-refractivity contribution in [1.82, 2.24) is 14.8 Å². The maximum absolute atomic E-state index is 12.5. The molecule has 0 saturated carbocycles. The zero-order chi connectivity index (χ0) is 15.7. The van der Waals surface area contributed by atoms with Gasteiger partial charge in [-0.05, 0) is 44.0 Å². The highest BCUT2D eigenvalue weighted by Crippen LogP contribution is 2.31. The van der Waals surface area contributed by atoms with E-state index in [4.69, 9.17) is 0 Å². The van der Waals surface area contributed by atoms with E-state index in [1.54, 1.807) is 6.33 Å². The van der Waals surface area contributed by atoms with Gasteiger partial charge in [0, 0.05) is 22.7 Å². The van der Waals surface area contributed by atoms with Crippen LogP contribution in [0.1, 0.15) is 25.5 Å². The van der Waals surface area contributed by atoms with Crippen LogP contribution in [0, 0.1) is 0 Å². The lowest BCUT2D eigenvalue weighted by Crippen LogP contribution is -2.30. The van der Waals surface area contributed by atoms with Crippen molar-refractivity contribution in [3.05, 3.63) is 34.6 Å². The minimum Gasteiger partial charge on any atom is -0.311 e. The minimum absolute atomic E-state index is 0.115. The van der Waals surface area contributed by atoms with Crippen molar-refractivity contribution in [3.63, 3.8) is 0 Å². The highest BCUT2D eigenvalue weighted by Gasteiger charge is 2.25. The van der Waals surface area contributed by atoms with E-state index in [0.29, 0.717) is 5.75 Å². The number of carbonyl (C=O) groups is 1. The minimum atomic E-state index is 0.115. The number of benzene rings is 1. The van der Waals surface area contributed by atoms with Gasteiger partial charge in [-0.1, -0.05) is 27.7 Å². The second kappa shape index (κ2) is 6.42. The molecule has 0 spiro atoms. The number of hydrogen-bond acceptors (Lipinski definition) is 4. The standard InChI is InChI=1S/C15H17BrN4OS/c1-10(2)20-9-17-18-15(20)22-8-14(21)19-6-5-11-7-12(16)3-4-13(11)19/h3-4,7,9-10H,5-6,8H2,1-2H3. The van der Waals surface area contributed by atoms with Crippen molar-refractivity contribution >= 4 is 39.3 Å². The highest BCUT2D eigenvalue weighted by atomic mass is 79.9. The summed E-state index contributed by atoms with van der Waals surface area (Å²) in [5.41, 5.74) is 2.25. The first kappa shape index (κ1) is 15.6. The molecule has 22 heavy (non-hydrogen) atoms. The summed E-state index contributed by atoms with van der Waals surface area (Å²) < 4.78 is 3.03. The van der Waals surface area contributed by atoms with Crippen LogP contribution >= 0.6 is 27.7 Å². The maximum Gasteiger partial charge on any atom is 0.237 e. The molecule has 7 heteroatoms. The maximum atomic E-state index is 12.5. The van der Waals surface area contributed by atoms with Crippen LogP contribution in [-0.2, 0) is 11.2 Å².